The van der Waals surface area contributed by atoms with Crippen LogP contribution in [0.1, 0.15) is 30.0 Å². The first-order valence-electron chi connectivity index (χ1n) is 10.6. The number of piperidine rings is 1. The van der Waals surface area contributed by atoms with E-state index in [1.165, 1.54) is 5.56 Å². The lowest BCUT2D eigenvalue weighted by atomic mass is 9.95. The summed E-state index contributed by atoms with van der Waals surface area (Å²) >= 11 is 0. The minimum absolute atomic E-state index is 0.00876. The molecule has 1 aliphatic heterocycles. The summed E-state index contributed by atoms with van der Waals surface area (Å²) in [6.45, 7) is 1.81. The fraction of sp³-hybridized carbons (Fsp3) is 0.360. The highest BCUT2D eigenvalue weighted by Gasteiger charge is 2.27. The molecule has 0 unspecified atom stereocenters. The van der Waals surface area contributed by atoms with E-state index in [4.69, 9.17) is 0 Å². The molecule has 1 saturated heterocycles. The molecule has 5 nitrogen and oxygen atoms in total. The average molecular weight is 406 g/mol. The van der Waals surface area contributed by atoms with Gasteiger partial charge in [-0.25, -0.2) is 0 Å². The third-order valence-electron chi connectivity index (χ3n) is 5.67. The van der Waals surface area contributed by atoms with E-state index < -0.39 is 0 Å². The maximum Gasteiger partial charge on any atom is 0.246 e. The van der Waals surface area contributed by atoms with E-state index in [0.29, 0.717) is 32.5 Å². The minimum Gasteiger partial charge on any atom is -0.354 e. The fourth-order valence-electron chi connectivity index (χ4n) is 3.81. The zero-order chi connectivity index (χ0) is 21.3. The smallest absolute Gasteiger partial charge is 0.246 e. The van der Waals surface area contributed by atoms with Gasteiger partial charge in [0.25, 0.3) is 0 Å². The molecule has 0 aromatic heterocycles. The van der Waals surface area contributed by atoms with E-state index in [1.807, 2.05) is 73.6 Å². The lowest BCUT2D eigenvalue weighted by molar-refractivity contribution is -0.132. The Morgan fingerprint density at radius 3 is 2.23 bits per heavy atom. The number of carbonyl (C=O) groups excluding carboxylic acids is 2. The van der Waals surface area contributed by atoms with Crippen molar-refractivity contribution in [3.8, 4) is 0 Å². The molecule has 1 N–H and O–H groups in total. The van der Waals surface area contributed by atoms with E-state index in [2.05, 4.69) is 22.3 Å². The molecule has 2 aromatic carbocycles. The molecule has 30 heavy (non-hydrogen) atoms. The van der Waals surface area contributed by atoms with Gasteiger partial charge in [-0.2, -0.15) is 0 Å². The van der Waals surface area contributed by atoms with Crippen LogP contribution in [-0.2, 0) is 9.59 Å². The van der Waals surface area contributed by atoms with Crippen LogP contribution in [0.2, 0.25) is 0 Å². The molecule has 0 bridgehead atoms. The standard InChI is InChI=1S/C25H31N3O2/c1-27(2)23(21-11-7-4-8-12-21)19-26-25(30)22-15-17-28(18-16-22)24(29)14-13-20-9-5-3-6-10-20/h3-14,22-23H,15-19H2,1-2H3,(H,26,30)/b14-13+/t23-/m0/s1. The minimum atomic E-state index is -0.0364. The van der Waals surface area contributed by atoms with Crippen molar-refractivity contribution in [1.82, 2.24) is 15.1 Å². The number of benzene rings is 2. The largest absolute Gasteiger partial charge is 0.354 e. The molecule has 0 spiro atoms. The fourth-order valence-corrected chi connectivity index (χ4v) is 3.81. The monoisotopic (exact) mass is 405 g/mol. The van der Waals surface area contributed by atoms with Gasteiger partial charge in [0, 0.05) is 31.6 Å². The highest BCUT2D eigenvalue weighted by atomic mass is 16.2. The Morgan fingerprint density at radius 2 is 1.63 bits per heavy atom. The van der Waals surface area contributed by atoms with Gasteiger partial charge in [0.05, 0.1) is 6.04 Å². The van der Waals surface area contributed by atoms with Crippen molar-refractivity contribution < 1.29 is 9.59 Å². The highest BCUT2D eigenvalue weighted by Crippen LogP contribution is 2.20. The molecule has 0 radical (unpaired) electrons. The normalized spacial score (nSPS) is 16.0. The predicted molar refractivity (Wildman–Crippen MR) is 121 cm³/mol. The first kappa shape index (κ1) is 21.8. The molecule has 3 rings (SSSR count). The Hall–Kier alpha value is -2.92. The molecular weight excluding hydrogens is 374 g/mol. The van der Waals surface area contributed by atoms with Crippen LogP contribution in [0.15, 0.2) is 66.7 Å². The van der Waals surface area contributed by atoms with E-state index >= 15 is 0 Å². The Bertz CT molecular complexity index is 841. The number of nitrogens with one attached hydrogen (secondary N) is 1. The molecule has 1 aliphatic rings. The van der Waals surface area contributed by atoms with Crippen molar-refractivity contribution in [2.24, 2.45) is 5.92 Å². The number of hydrogen-bond acceptors (Lipinski definition) is 3. The number of nitrogens with zero attached hydrogens (tertiary/aromatic N) is 2. The molecule has 2 aromatic rings. The number of carbonyl (C=O) groups is 2. The van der Waals surface area contributed by atoms with Gasteiger partial charge >= 0.3 is 0 Å². The van der Waals surface area contributed by atoms with Crippen molar-refractivity contribution in [1.29, 1.82) is 0 Å². The van der Waals surface area contributed by atoms with Crippen LogP contribution in [0.5, 0.6) is 0 Å². The first-order chi connectivity index (χ1) is 14.5. The molecule has 0 saturated carbocycles. The van der Waals surface area contributed by atoms with Crippen LogP contribution in [0.3, 0.4) is 0 Å². The second-order valence-electron chi connectivity index (χ2n) is 7.98. The Balaban J connectivity index is 1.46. The molecule has 1 heterocycles. The molecule has 1 atom stereocenters. The van der Waals surface area contributed by atoms with Crippen molar-refractivity contribution in [3.63, 3.8) is 0 Å². The molecule has 158 valence electrons. The first-order valence-corrected chi connectivity index (χ1v) is 10.6. The van der Waals surface area contributed by atoms with Gasteiger partial charge in [0.2, 0.25) is 11.8 Å². The number of hydrogen-bond donors (Lipinski definition) is 1. The van der Waals surface area contributed by atoms with Gasteiger partial charge in [0.15, 0.2) is 0 Å². The molecular formula is C25H31N3O2. The summed E-state index contributed by atoms with van der Waals surface area (Å²) in [4.78, 5) is 29.1. The number of rotatable bonds is 7. The highest BCUT2D eigenvalue weighted by molar-refractivity contribution is 5.92. The summed E-state index contributed by atoms with van der Waals surface area (Å²) in [5.74, 6) is 0.0601. The van der Waals surface area contributed by atoms with Crippen LogP contribution < -0.4 is 5.32 Å². The molecule has 1 fully saturated rings. The van der Waals surface area contributed by atoms with Gasteiger partial charge in [0.1, 0.15) is 0 Å². The summed E-state index contributed by atoms with van der Waals surface area (Å²) in [7, 11) is 4.05. The van der Waals surface area contributed by atoms with E-state index in [9.17, 15) is 9.59 Å². The maximum absolute atomic E-state index is 12.7. The van der Waals surface area contributed by atoms with Gasteiger partial charge in [-0.1, -0.05) is 60.7 Å². The van der Waals surface area contributed by atoms with Gasteiger partial charge in [-0.15, -0.1) is 0 Å². The summed E-state index contributed by atoms with van der Waals surface area (Å²) in [6, 6.07) is 20.1. The lowest BCUT2D eigenvalue weighted by Crippen LogP contribution is -2.44. The lowest BCUT2D eigenvalue weighted by Gasteiger charge is -2.31. The summed E-state index contributed by atoms with van der Waals surface area (Å²) in [6.07, 6.45) is 4.87. The second-order valence-corrected chi connectivity index (χ2v) is 7.98. The number of likely N-dealkylation sites (tertiary alicyclic amines) is 1. The van der Waals surface area contributed by atoms with Crippen LogP contribution in [0, 0.1) is 5.92 Å². The zero-order valence-corrected chi connectivity index (χ0v) is 17.8. The van der Waals surface area contributed by atoms with Gasteiger partial charge in [-0.3, -0.25) is 9.59 Å². The third kappa shape index (κ3) is 6.04. The quantitative estimate of drug-likeness (QED) is 0.719. The Morgan fingerprint density at radius 1 is 1.03 bits per heavy atom. The number of amides is 2. The topological polar surface area (TPSA) is 52.7 Å². The van der Waals surface area contributed by atoms with Crippen LogP contribution in [0.25, 0.3) is 6.08 Å². The SMILES string of the molecule is CN(C)[C@@H](CNC(=O)C1CCN(C(=O)/C=C/c2ccccc2)CC1)c1ccccc1. The van der Waals surface area contributed by atoms with Crippen LogP contribution in [-0.4, -0.2) is 55.3 Å². The molecule has 5 heteroatoms. The summed E-state index contributed by atoms with van der Waals surface area (Å²) in [5.41, 5.74) is 2.20. The average Bonchev–Trinajstić information content (AvgIpc) is 2.79. The second kappa shape index (κ2) is 10.7. The van der Waals surface area contributed by atoms with Crippen molar-refractivity contribution in [2.45, 2.75) is 18.9 Å². The van der Waals surface area contributed by atoms with Crippen LogP contribution in [0.4, 0.5) is 0 Å². The van der Waals surface area contributed by atoms with Crippen LogP contribution >= 0.6 is 0 Å². The number of likely N-dealkylation sites (N-methyl/N-ethyl adjacent to an activating group) is 1. The van der Waals surface area contributed by atoms with Crippen molar-refractivity contribution >= 4 is 17.9 Å². The van der Waals surface area contributed by atoms with Gasteiger partial charge < -0.3 is 15.1 Å². The summed E-state index contributed by atoms with van der Waals surface area (Å²) in [5, 5.41) is 3.12. The van der Waals surface area contributed by atoms with E-state index in [1.54, 1.807) is 6.08 Å². The zero-order valence-electron chi connectivity index (χ0n) is 17.8. The Labute approximate surface area is 179 Å². The van der Waals surface area contributed by atoms with E-state index in [0.717, 1.165) is 5.56 Å². The third-order valence-corrected chi connectivity index (χ3v) is 5.67. The van der Waals surface area contributed by atoms with E-state index in [-0.39, 0.29) is 23.8 Å². The van der Waals surface area contributed by atoms with Gasteiger partial charge in [-0.05, 0) is 44.1 Å². The Kier molecular flexibility index (Phi) is 7.80. The van der Waals surface area contributed by atoms with Crippen molar-refractivity contribution in [2.75, 3.05) is 33.7 Å². The maximum atomic E-state index is 12.7. The molecule has 0 aliphatic carbocycles. The molecule has 2 amide bonds. The summed E-state index contributed by atoms with van der Waals surface area (Å²) < 4.78 is 0. The van der Waals surface area contributed by atoms with Crippen molar-refractivity contribution in [3.05, 3.63) is 77.9 Å². The predicted octanol–water partition coefficient (Wildman–Crippen LogP) is 3.36.